The average Bonchev–Trinajstić information content (AvgIpc) is 2.88. The van der Waals surface area contributed by atoms with E-state index in [1.165, 1.54) is 32.9 Å². The maximum atomic E-state index is 13.6. The van der Waals surface area contributed by atoms with E-state index >= 15 is 0 Å². The van der Waals surface area contributed by atoms with E-state index in [1.807, 2.05) is 29.4 Å². The highest BCUT2D eigenvalue weighted by Gasteiger charge is 2.30. The predicted octanol–water partition coefficient (Wildman–Crippen LogP) is 7.24. The van der Waals surface area contributed by atoms with Crippen LogP contribution in [0.3, 0.4) is 0 Å². The van der Waals surface area contributed by atoms with Crippen LogP contribution in [0.5, 0.6) is 11.5 Å². The van der Waals surface area contributed by atoms with Crippen LogP contribution in [0.4, 0.5) is 14.7 Å². The molecule has 7 nitrogen and oxygen atoms in total. The van der Waals surface area contributed by atoms with Gasteiger partial charge in [-0.3, -0.25) is 0 Å². The van der Waals surface area contributed by atoms with Gasteiger partial charge in [-0.25, -0.2) is 14.8 Å². The topological polar surface area (TPSA) is 84.8 Å². The predicted molar refractivity (Wildman–Crippen MR) is 150 cm³/mol. The molecule has 3 rings (SSSR count). The first-order valence-corrected chi connectivity index (χ1v) is 13.5. The van der Waals surface area contributed by atoms with Crippen molar-refractivity contribution in [1.82, 2.24) is 9.97 Å². The summed E-state index contributed by atoms with van der Waals surface area (Å²) in [6.07, 6.45) is 0.651. The third-order valence-electron chi connectivity index (χ3n) is 6.13. The number of carboxylic acid groups (broad SMARTS) is 1. The molecule has 0 unspecified atom stereocenters. The number of aromatic nitrogens is 2. The van der Waals surface area contributed by atoms with Crippen LogP contribution in [0.2, 0.25) is 0 Å². The van der Waals surface area contributed by atoms with Crippen molar-refractivity contribution in [3.8, 4) is 11.5 Å². The molecule has 0 spiro atoms. The van der Waals surface area contributed by atoms with E-state index in [-0.39, 0.29) is 5.75 Å². The maximum absolute atomic E-state index is 13.6. The first-order chi connectivity index (χ1) is 18.3. The number of hydrogen-bond acceptors (Lipinski definition) is 6. The van der Waals surface area contributed by atoms with Crippen molar-refractivity contribution in [3.05, 3.63) is 76.0 Å². The van der Waals surface area contributed by atoms with Crippen LogP contribution < -0.4 is 14.4 Å². The van der Waals surface area contributed by atoms with Crippen LogP contribution in [0.1, 0.15) is 63.6 Å². The maximum Gasteiger partial charge on any atom is 0.397 e. The molecular formula is C29H34BrF2N3O4. The number of nitrogens with zero attached hydrogens (tertiary/aromatic N) is 3. The second-order valence-corrected chi connectivity index (χ2v) is 10.9. The van der Waals surface area contributed by atoms with Gasteiger partial charge in [0.15, 0.2) is 5.60 Å². The molecular weight excluding hydrogens is 572 g/mol. The molecule has 2 aromatic carbocycles. The van der Waals surface area contributed by atoms with Gasteiger partial charge in [-0.1, -0.05) is 39.0 Å². The highest BCUT2D eigenvalue weighted by atomic mass is 79.9. The van der Waals surface area contributed by atoms with Crippen molar-refractivity contribution in [2.24, 2.45) is 0 Å². The van der Waals surface area contributed by atoms with Gasteiger partial charge in [0.1, 0.15) is 11.5 Å². The average molecular weight is 607 g/mol. The SMILES string of the molecule is CCC(F)(F)Oc1ccc(CN(CCc2ccc(OC(C)(C)C(=O)O)c(Br)c2)c2ncc(C(C)C)cn2)cc1. The monoisotopic (exact) mass is 605 g/mol. The molecule has 0 fully saturated rings. The lowest BCUT2D eigenvalue weighted by Crippen LogP contribution is -2.38. The van der Waals surface area contributed by atoms with Gasteiger partial charge in [0.2, 0.25) is 5.95 Å². The number of ether oxygens (including phenoxy) is 2. The van der Waals surface area contributed by atoms with E-state index in [4.69, 9.17) is 9.47 Å². The molecule has 39 heavy (non-hydrogen) atoms. The van der Waals surface area contributed by atoms with Gasteiger partial charge < -0.3 is 19.5 Å². The molecule has 3 aromatic rings. The highest BCUT2D eigenvalue weighted by Crippen LogP contribution is 2.30. The number of alkyl halides is 2. The first kappa shape index (κ1) is 30.3. The summed E-state index contributed by atoms with van der Waals surface area (Å²) in [5.74, 6) is 0.334. The van der Waals surface area contributed by atoms with Crippen LogP contribution in [0.15, 0.2) is 59.3 Å². The number of anilines is 1. The molecule has 0 aliphatic carbocycles. The van der Waals surface area contributed by atoms with Gasteiger partial charge in [-0.15, -0.1) is 0 Å². The molecule has 10 heteroatoms. The lowest BCUT2D eigenvalue weighted by molar-refractivity contribution is -0.177. The summed E-state index contributed by atoms with van der Waals surface area (Å²) in [5, 5.41) is 9.35. The fourth-order valence-corrected chi connectivity index (χ4v) is 4.04. The minimum Gasteiger partial charge on any atom is -0.478 e. The zero-order chi connectivity index (χ0) is 28.8. The van der Waals surface area contributed by atoms with Crippen molar-refractivity contribution in [2.75, 3.05) is 11.4 Å². The smallest absolute Gasteiger partial charge is 0.397 e. The summed E-state index contributed by atoms with van der Waals surface area (Å²) >= 11 is 3.49. The van der Waals surface area contributed by atoms with Crippen molar-refractivity contribution < 1.29 is 28.2 Å². The Kier molecular flexibility index (Phi) is 9.88. The summed E-state index contributed by atoms with van der Waals surface area (Å²) in [5.41, 5.74) is 1.55. The van der Waals surface area contributed by atoms with Crippen LogP contribution in [-0.2, 0) is 17.8 Å². The van der Waals surface area contributed by atoms with Gasteiger partial charge in [0.05, 0.1) is 4.47 Å². The van der Waals surface area contributed by atoms with Gasteiger partial charge in [-0.2, -0.15) is 8.78 Å². The first-order valence-electron chi connectivity index (χ1n) is 12.7. The summed E-state index contributed by atoms with van der Waals surface area (Å²) in [4.78, 5) is 22.6. The van der Waals surface area contributed by atoms with Gasteiger partial charge in [-0.05, 0) is 83.1 Å². The molecule has 1 heterocycles. The lowest BCUT2D eigenvalue weighted by atomic mass is 10.1. The third-order valence-corrected chi connectivity index (χ3v) is 6.75. The Balaban J connectivity index is 1.78. The largest absolute Gasteiger partial charge is 0.478 e. The number of halogens is 3. The molecule has 0 saturated carbocycles. The molecule has 0 radical (unpaired) electrons. The van der Waals surface area contributed by atoms with Crippen molar-refractivity contribution in [2.45, 2.75) is 71.6 Å². The molecule has 0 atom stereocenters. The third kappa shape index (κ3) is 8.61. The van der Waals surface area contributed by atoms with Gasteiger partial charge in [0.25, 0.3) is 0 Å². The number of rotatable bonds is 13. The Morgan fingerprint density at radius 2 is 1.67 bits per heavy atom. The Bertz CT molecular complexity index is 1250. The molecule has 0 amide bonds. The molecule has 210 valence electrons. The van der Waals surface area contributed by atoms with E-state index in [0.29, 0.717) is 41.6 Å². The zero-order valence-electron chi connectivity index (χ0n) is 22.7. The Hall–Kier alpha value is -3.27. The van der Waals surface area contributed by atoms with Crippen LogP contribution in [0, 0.1) is 0 Å². The number of aliphatic carboxylic acids is 1. The molecule has 1 N–H and O–H groups in total. The Labute approximate surface area is 236 Å². The van der Waals surface area contributed by atoms with Crippen molar-refractivity contribution in [3.63, 3.8) is 0 Å². The summed E-state index contributed by atoms with van der Waals surface area (Å²) in [6.45, 7) is 9.53. The van der Waals surface area contributed by atoms with E-state index < -0.39 is 24.1 Å². The molecule has 1 aromatic heterocycles. The van der Waals surface area contributed by atoms with Crippen LogP contribution in [0.25, 0.3) is 0 Å². The highest BCUT2D eigenvalue weighted by molar-refractivity contribution is 9.10. The van der Waals surface area contributed by atoms with Gasteiger partial charge >= 0.3 is 12.1 Å². The van der Waals surface area contributed by atoms with Crippen molar-refractivity contribution in [1.29, 1.82) is 0 Å². The quantitative estimate of drug-likeness (QED) is 0.220. The minimum absolute atomic E-state index is 0.105. The van der Waals surface area contributed by atoms with Crippen molar-refractivity contribution >= 4 is 27.8 Å². The summed E-state index contributed by atoms with van der Waals surface area (Å²) < 4.78 is 38.3. The second kappa shape index (κ2) is 12.7. The zero-order valence-corrected chi connectivity index (χ0v) is 24.3. The molecule has 0 saturated heterocycles. The number of carboxylic acids is 1. The number of hydrogen-bond donors (Lipinski definition) is 1. The summed E-state index contributed by atoms with van der Waals surface area (Å²) in [7, 11) is 0. The molecule has 0 aliphatic heterocycles. The fourth-order valence-electron chi connectivity index (χ4n) is 3.54. The van der Waals surface area contributed by atoms with Gasteiger partial charge in [0, 0.05) is 31.9 Å². The minimum atomic E-state index is -3.21. The number of benzene rings is 2. The van der Waals surface area contributed by atoms with E-state index in [9.17, 15) is 18.7 Å². The summed E-state index contributed by atoms with van der Waals surface area (Å²) in [6, 6.07) is 12.1. The fraction of sp³-hybridized carbons (Fsp3) is 0.414. The Morgan fingerprint density at radius 1 is 1.05 bits per heavy atom. The lowest BCUT2D eigenvalue weighted by Gasteiger charge is -2.24. The molecule has 0 bridgehead atoms. The normalized spacial score (nSPS) is 11.9. The Morgan fingerprint density at radius 3 is 2.21 bits per heavy atom. The van der Waals surface area contributed by atoms with Crippen LogP contribution in [-0.4, -0.2) is 39.3 Å². The van der Waals surface area contributed by atoms with Crippen LogP contribution >= 0.6 is 15.9 Å². The van der Waals surface area contributed by atoms with E-state index in [0.717, 1.165) is 16.7 Å². The van der Waals surface area contributed by atoms with E-state index in [2.05, 4.69) is 39.7 Å². The second-order valence-electron chi connectivity index (χ2n) is 10.1. The molecule has 0 aliphatic rings. The number of carbonyl (C=O) groups is 1. The standard InChI is InChI=1S/C29H34BrF2N3O4/c1-6-29(31,32)38-23-10-7-21(8-11-23)18-35(27-33-16-22(17-34-27)19(2)3)14-13-20-9-12-25(24(30)15-20)39-28(4,5)26(36)37/h7-12,15-17,19H,6,13-14,18H2,1-5H3,(H,36,37). The van der Waals surface area contributed by atoms with E-state index in [1.54, 1.807) is 18.2 Å².